The van der Waals surface area contributed by atoms with Crippen LogP contribution in [0.2, 0.25) is 0 Å². The molecule has 0 heterocycles. The Morgan fingerprint density at radius 1 is 1.28 bits per heavy atom. The van der Waals surface area contributed by atoms with Crippen LogP contribution < -0.4 is 5.32 Å². The number of thioether (sulfide) groups is 1. The van der Waals surface area contributed by atoms with Crippen LogP contribution in [0.5, 0.6) is 0 Å². The molecule has 1 aromatic rings. The number of nitrogens with one attached hydrogen (secondary N) is 1. The van der Waals surface area contributed by atoms with Gasteiger partial charge in [0.1, 0.15) is 0 Å². The molecule has 0 radical (unpaired) electrons. The van der Waals surface area contributed by atoms with Crippen molar-refractivity contribution in [3.8, 4) is 0 Å². The van der Waals surface area contributed by atoms with E-state index in [1.165, 1.54) is 5.56 Å². The predicted octanol–water partition coefficient (Wildman–Crippen LogP) is 3.06. The van der Waals surface area contributed by atoms with Crippen molar-refractivity contribution in [3.63, 3.8) is 0 Å². The van der Waals surface area contributed by atoms with Crippen molar-refractivity contribution >= 4 is 11.8 Å². The van der Waals surface area contributed by atoms with Crippen LogP contribution in [0.1, 0.15) is 32.8 Å². The summed E-state index contributed by atoms with van der Waals surface area (Å²) in [7, 11) is 0. The zero-order chi connectivity index (χ0) is 13.4. The molecule has 0 saturated heterocycles. The Bertz CT molecular complexity index is 329. The smallest absolute Gasteiger partial charge is 0.0610 e. The minimum atomic E-state index is -0.155. The number of hydrogen-bond acceptors (Lipinski definition) is 3. The third-order valence-electron chi connectivity index (χ3n) is 2.90. The summed E-state index contributed by atoms with van der Waals surface area (Å²) in [5.41, 5.74) is 1.21. The third-order valence-corrected chi connectivity index (χ3v) is 3.93. The molecule has 0 aliphatic heterocycles. The molecule has 0 aliphatic rings. The lowest BCUT2D eigenvalue weighted by molar-refractivity contribution is 0.162. The zero-order valence-corrected chi connectivity index (χ0v) is 12.5. The molecule has 0 saturated carbocycles. The van der Waals surface area contributed by atoms with Crippen LogP contribution in [0.3, 0.4) is 0 Å². The van der Waals surface area contributed by atoms with Gasteiger partial charge in [0.15, 0.2) is 0 Å². The van der Waals surface area contributed by atoms with E-state index in [1.807, 2.05) is 17.8 Å². The van der Waals surface area contributed by atoms with Crippen LogP contribution in [0.4, 0.5) is 0 Å². The summed E-state index contributed by atoms with van der Waals surface area (Å²) in [6.45, 7) is 6.52. The Labute approximate surface area is 115 Å². The second-order valence-corrected chi connectivity index (χ2v) is 6.41. The maximum absolute atomic E-state index is 9.48. The average molecular weight is 267 g/mol. The van der Waals surface area contributed by atoms with Gasteiger partial charge in [-0.1, -0.05) is 44.2 Å². The summed E-state index contributed by atoms with van der Waals surface area (Å²) in [6.07, 6.45) is 0.985. The number of benzene rings is 1. The van der Waals surface area contributed by atoms with Crippen molar-refractivity contribution in [2.75, 3.05) is 12.4 Å². The van der Waals surface area contributed by atoms with E-state index < -0.39 is 0 Å². The second-order valence-electron chi connectivity index (χ2n) is 5.31. The van der Waals surface area contributed by atoms with Crippen LogP contribution in [0.15, 0.2) is 30.3 Å². The van der Waals surface area contributed by atoms with Crippen LogP contribution in [0.25, 0.3) is 0 Å². The predicted molar refractivity (Wildman–Crippen MR) is 81.0 cm³/mol. The summed E-state index contributed by atoms with van der Waals surface area (Å²) < 4.78 is 0. The Kier molecular flexibility index (Phi) is 6.76. The van der Waals surface area contributed by atoms with E-state index in [0.29, 0.717) is 6.04 Å². The van der Waals surface area contributed by atoms with Gasteiger partial charge in [0.2, 0.25) is 0 Å². The first-order valence-corrected chi connectivity index (χ1v) is 7.71. The Balaban J connectivity index is 2.27. The maximum atomic E-state index is 9.48. The van der Waals surface area contributed by atoms with Crippen molar-refractivity contribution in [2.24, 2.45) is 0 Å². The van der Waals surface area contributed by atoms with Crippen LogP contribution in [0, 0.1) is 0 Å². The summed E-state index contributed by atoms with van der Waals surface area (Å²) in [5.74, 6) is 2.11. The standard InChI is InChI=1S/C15H25NOS/c1-13(2)16-15(3,12-17)9-10-18-11-14-7-5-4-6-8-14/h4-8,13,16-17H,9-12H2,1-3H3. The van der Waals surface area contributed by atoms with Crippen LogP contribution >= 0.6 is 11.8 Å². The lowest BCUT2D eigenvalue weighted by Gasteiger charge is -2.31. The number of rotatable bonds is 8. The fourth-order valence-corrected chi connectivity index (χ4v) is 3.12. The lowest BCUT2D eigenvalue weighted by atomic mass is 9.99. The van der Waals surface area contributed by atoms with Gasteiger partial charge in [-0.25, -0.2) is 0 Å². The molecule has 0 amide bonds. The molecule has 2 nitrogen and oxygen atoms in total. The second kappa shape index (κ2) is 7.82. The van der Waals surface area contributed by atoms with E-state index in [4.69, 9.17) is 0 Å². The van der Waals surface area contributed by atoms with Crippen molar-refractivity contribution in [3.05, 3.63) is 35.9 Å². The molecule has 3 heteroatoms. The highest BCUT2D eigenvalue weighted by molar-refractivity contribution is 7.98. The topological polar surface area (TPSA) is 32.3 Å². The Hall–Kier alpha value is -0.510. The number of hydrogen-bond donors (Lipinski definition) is 2. The molecule has 0 bridgehead atoms. The van der Waals surface area contributed by atoms with Gasteiger partial charge in [0.05, 0.1) is 6.61 Å². The molecule has 0 spiro atoms. The van der Waals surface area contributed by atoms with Crippen molar-refractivity contribution in [1.82, 2.24) is 5.32 Å². The van der Waals surface area contributed by atoms with E-state index in [0.717, 1.165) is 17.9 Å². The van der Waals surface area contributed by atoms with E-state index in [1.54, 1.807) is 0 Å². The molecule has 1 aromatic carbocycles. The third kappa shape index (κ3) is 5.89. The van der Waals surface area contributed by atoms with Crippen LogP contribution in [-0.4, -0.2) is 29.0 Å². The average Bonchev–Trinajstić information content (AvgIpc) is 2.35. The van der Waals surface area contributed by atoms with Crippen LogP contribution in [-0.2, 0) is 5.75 Å². The van der Waals surface area contributed by atoms with Gasteiger partial charge in [-0.15, -0.1) is 0 Å². The monoisotopic (exact) mass is 267 g/mol. The number of aliphatic hydroxyl groups is 1. The van der Waals surface area contributed by atoms with E-state index >= 15 is 0 Å². The van der Waals surface area contributed by atoms with Gasteiger partial charge in [0, 0.05) is 17.3 Å². The molecule has 0 aliphatic carbocycles. The van der Waals surface area contributed by atoms with Gasteiger partial charge < -0.3 is 10.4 Å². The summed E-state index contributed by atoms with van der Waals surface area (Å²) in [4.78, 5) is 0. The molecule has 102 valence electrons. The summed E-state index contributed by atoms with van der Waals surface area (Å²) >= 11 is 1.92. The van der Waals surface area contributed by atoms with E-state index in [-0.39, 0.29) is 12.1 Å². The van der Waals surface area contributed by atoms with Gasteiger partial charge in [-0.05, 0) is 24.7 Å². The van der Waals surface area contributed by atoms with Crippen molar-refractivity contribution < 1.29 is 5.11 Å². The fourth-order valence-electron chi connectivity index (χ4n) is 1.96. The highest BCUT2D eigenvalue weighted by Crippen LogP contribution is 2.18. The summed E-state index contributed by atoms with van der Waals surface area (Å²) in [6, 6.07) is 10.9. The van der Waals surface area contributed by atoms with Gasteiger partial charge >= 0.3 is 0 Å². The molecule has 2 N–H and O–H groups in total. The van der Waals surface area contributed by atoms with Gasteiger partial charge in [0.25, 0.3) is 0 Å². The Morgan fingerprint density at radius 3 is 2.50 bits per heavy atom. The highest BCUT2D eigenvalue weighted by atomic mass is 32.2. The molecule has 1 unspecified atom stereocenters. The fraction of sp³-hybridized carbons (Fsp3) is 0.600. The maximum Gasteiger partial charge on any atom is 0.0610 e. The first-order chi connectivity index (χ1) is 8.56. The minimum absolute atomic E-state index is 0.155. The van der Waals surface area contributed by atoms with Gasteiger partial charge in [-0.3, -0.25) is 0 Å². The molecular weight excluding hydrogens is 242 g/mol. The normalized spacial score (nSPS) is 14.7. The molecule has 1 rings (SSSR count). The first kappa shape index (κ1) is 15.5. The quantitative estimate of drug-likeness (QED) is 0.710. The molecule has 18 heavy (non-hydrogen) atoms. The molecule has 0 aromatic heterocycles. The summed E-state index contributed by atoms with van der Waals surface area (Å²) in [5, 5.41) is 12.9. The minimum Gasteiger partial charge on any atom is -0.394 e. The van der Waals surface area contributed by atoms with E-state index in [2.05, 4.69) is 50.4 Å². The SMILES string of the molecule is CC(C)NC(C)(CO)CCSCc1ccccc1. The molecule has 0 fully saturated rings. The van der Waals surface area contributed by atoms with Gasteiger partial charge in [-0.2, -0.15) is 11.8 Å². The zero-order valence-electron chi connectivity index (χ0n) is 11.6. The lowest BCUT2D eigenvalue weighted by Crippen LogP contribution is -2.49. The first-order valence-electron chi connectivity index (χ1n) is 6.56. The van der Waals surface area contributed by atoms with Crippen molar-refractivity contribution in [2.45, 2.75) is 44.5 Å². The Morgan fingerprint density at radius 2 is 1.94 bits per heavy atom. The van der Waals surface area contributed by atoms with E-state index in [9.17, 15) is 5.11 Å². The number of aliphatic hydroxyl groups excluding tert-OH is 1. The highest BCUT2D eigenvalue weighted by Gasteiger charge is 2.23. The molecule has 1 atom stereocenters. The van der Waals surface area contributed by atoms with Crippen molar-refractivity contribution in [1.29, 1.82) is 0 Å². The largest absolute Gasteiger partial charge is 0.394 e. The molecular formula is C15H25NOS.